The van der Waals surface area contributed by atoms with E-state index in [1.165, 1.54) is 0 Å². The lowest BCUT2D eigenvalue weighted by molar-refractivity contribution is 0.0700. The third-order valence-corrected chi connectivity index (χ3v) is 5.80. The molecule has 1 unspecified atom stereocenters. The van der Waals surface area contributed by atoms with E-state index in [2.05, 4.69) is 25.1 Å². The molecule has 7 nitrogen and oxygen atoms in total. The maximum absolute atomic E-state index is 13.3. The standard InChI is InChI=1S/C20H19ClN6O/c1-11-14-9-13(21)4-5-15(14)24-16(11)20(28)27-8-2-3-12(10-27)17-18-19(26-25-17)23-7-6-22-18/h4-7,9,12,24H,2-3,8,10H2,1H3,(H,23,25,26). The number of aromatic nitrogens is 5. The van der Waals surface area contributed by atoms with Gasteiger partial charge in [-0.15, -0.1) is 0 Å². The number of carbonyl (C=O) groups excluding carboxylic acids is 1. The molecule has 2 N–H and O–H groups in total. The van der Waals surface area contributed by atoms with Crippen molar-refractivity contribution < 1.29 is 4.79 Å². The largest absolute Gasteiger partial charge is 0.350 e. The highest BCUT2D eigenvalue weighted by atomic mass is 35.5. The van der Waals surface area contributed by atoms with Crippen molar-refractivity contribution in [1.29, 1.82) is 0 Å². The van der Waals surface area contributed by atoms with Gasteiger partial charge in [0.05, 0.1) is 5.69 Å². The molecule has 0 spiro atoms. The number of halogens is 1. The van der Waals surface area contributed by atoms with Crippen LogP contribution in [-0.2, 0) is 0 Å². The Morgan fingerprint density at radius 1 is 1.29 bits per heavy atom. The maximum atomic E-state index is 13.3. The maximum Gasteiger partial charge on any atom is 0.270 e. The van der Waals surface area contributed by atoms with Crippen molar-refractivity contribution in [1.82, 2.24) is 30.0 Å². The minimum atomic E-state index is 0.0180. The minimum absolute atomic E-state index is 0.0180. The lowest BCUT2D eigenvalue weighted by Crippen LogP contribution is -2.39. The monoisotopic (exact) mass is 394 g/mol. The molecule has 0 aliphatic carbocycles. The fourth-order valence-corrected chi connectivity index (χ4v) is 4.29. The topological polar surface area (TPSA) is 90.6 Å². The number of amides is 1. The van der Waals surface area contributed by atoms with E-state index in [-0.39, 0.29) is 11.8 Å². The third-order valence-electron chi connectivity index (χ3n) is 5.57. The molecule has 1 amide bonds. The highest BCUT2D eigenvalue weighted by molar-refractivity contribution is 6.31. The fourth-order valence-electron chi connectivity index (χ4n) is 4.12. The average Bonchev–Trinajstić information content (AvgIpc) is 3.29. The molecule has 1 aromatic carbocycles. The molecule has 1 aliphatic heterocycles. The van der Waals surface area contributed by atoms with Crippen LogP contribution >= 0.6 is 11.6 Å². The highest BCUT2D eigenvalue weighted by Gasteiger charge is 2.29. The van der Waals surface area contributed by atoms with Gasteiger partial charge in [-0.3, -0.25) is 9.89 Å². The fraction of sp³-hybridized carbons (Fsp3) is 0.300. The lowest BCUT2D eigenvalue weighted by atomic mass is 9.94. The van der Waals surface area contributed by atoms with E-state index >= 15 is 0 Å². The number of nitrogens with zero attached hydrogens (tertiary/aromatic N) is 4. The summed E-state index contributed by atoms with van der Waals surface area (Å²) in [4.78, 5) is 27.1. The summed E-state index contributed by atoms with van der Waals surface area (Å²) in [5.41, 5.74) is 4.85. The van der Waals surface area contributed by atoms with Crippen LogP contribution in [0.1, 0.15) is 40.5 Å². The lowest BCUT2D eigenvalue weighted by Gasteiger charge is -2.32. The van der Waals surface area contributed by atoms with E-state index < -0.39 is 0 Å². The Morgan fingerprint density at radius 2 is 2.14 bits per heavy atom. The van der Waals surface area contributed by atoms with Gasteiger partial charge in [-0.1, -0.05) is 11.6 Å². The van der Waals surface area contributed by atoms with E-state index in [4.69, 9.17) is 11.6 Å². The van der Waals surface area contributed by atoms with E-state index in [0.717, 1.165) is 47.1 Å². The van der Waals surface area contributed by atoms with Crippen LogP contribution < -0.4 is 0 Å². The first-order valence-corrected chi connectivity index (χ1v) is 9.71. The first-order chi connectivity index (χ1) is 13.6. The van der Waals surface area contributed by atoms with Gasteiger partial charge in [0, 0.05) is 47.3 Å². The van der Waals surface area contributed by atoms with Crippen molar-refractivity contribution in [3.05, 3.63) is 52.6 Å². The average molecular weight is 395 g/mol. The van der Waals surface area contributed by atoms with Crippen molar-refractivity contribution in [2.45, 2.75) is 25.7 Å². The Bertz CT molecular complexity index is 1200. The van der Waals surface area contributed by atoms with Crippen LogP contribution in [0, 0.1) is 6.92 Å². The molecule has 0 saturated carbocycles. The van der Waals surface area contributed by atoms with Gasteiger partial charge in [0.25, 0.3) is 5.91 Å². The second-order valence-electron chi connectivity index (χ2n) is 7.27. The van der Waals surface area contributed by atoms with Gasteiger partial charge in [0.1, 0.15) is 11.2 Å². The summed E-state index contributed by atoms with van der Waals surface area (Å²) in [6.07, 6.45) is 5.22. The number of aryl methyl sites for hydroxylation is 1. The van der Waals surface area contributed by atoms with Gasteiger partial charge in [-0.05, 0) is 43.5 Å². The van der Waals surface area contributed by atoms with E-state index in [1.54, 1.807) is 12.4 Å². The number of rotatable bonds is 2. The van der Waals surface area contributed by atoms with E-state index in [1.807, 2.05) is 30.0 Å². The van der Waals surface area contributed by atoms with Gasteiger partial charge in [0.2, 0.25) is 0 Å². The quantitative estimate of drug-likeness (QED) is 0.540. The Balaban J connectivity index is 1.45. The van der Waals surface area contributed by atoms with Gasteiger partial charge < -0.3 is 9.88 Å². The SMILES string of the molecule is Cc1c(C(=O)N2CCCC(c3[nH]nc4nccnc34)C2)[nH]c2ccc(Cl)cc12. The second-order valence-corrected chi connectivity index (χ2v) is 7.71. The van der Waals surface area contributed by atoms with Crippen LogP contribution in [0.15, 0.2) is 30.6 Å². The number of nitrogens with one attached hydrogen (secondary N) is 2. The summed E-state index contributed by atoms with van der Waals surface area (Å²) in [5, 5.41) is 8.99. The summed E-state index contributed by atoms with van der Waals surface area (Å²) in [6.45, 7) is 3.33. The molecule has 0 bridgehead atoms. The van der Waals surface area contributed by atoms with Gasteiger partial charge >= 0.3 is 0 Å². The molecular formula is C20H19ClN6O. The molecule has 1 fully saturated rings. The molecule has 3 aromatic heterocycles. The number of hydrogen-bond donors (Lipinski definition) is 2. The van der Waals surface area contributed by atoms with Crippen molar-refractivity contribution in [2.75, 3.05) is 13.1 Å². The Hall–Kier alpha value is -2.93. The molecule has 1 aliphatic rings. The summed E-state index contributed by atoms with van der Waals surface area (Å²) in [6, 6.07) is 5.64. The first-order valence-electron chi connectivity index (χ1n) is 9.34. The predicted molar refractivity (Wildman–Crippen MR) is 108 cm³/mol. The minimum Gasteiger partial charge on any atom is -0.350 e. The normalized spacial score (nSPS) is 17.5. The predicted octanol–water partition coefficient (Wildman–Crippen LogP) is 3.82. The molecule has 0 radical (unpaired) electrons. The second kappa shape index (κ2) is 6.60. The molecule has 4 heterocycles. The number of benzene rings is 1. The molecule has 1 atom stereocenters. The number of fused-ring (bicyclic) bond motifs is 2. The van der Waals surface area contributed by atoms with E-state index in [0.29, 0.717) is 22.9 Å². The molecule has 142 valence electrons. The number of hydrogen-bond acceptors (Lipinski definition) is 4. The zero-order valence-electron chi connectivity index (χ0n) is 15.4. The smallest absolute Gasteiger partial charge is 0.270 e. The summed E-state index contributed by atoms with van der Waals surface area (Å²) < 4.78 is 0. The van der Waals surface area contributed by atoms with E-state index in [9.17, 15) is 4.79 Å². The number of carbonyl (C=O) groups is 1. The first kappa shape index (κ1) is 17.2. The van der Waals surface area contributed by atoms with Crippen molar-refractivity contribution in [3.8, 4) is 0 Å². The van der Waals surface area contributed by atoms with Gasteiger partial charge in [0.15, 0.2) is 5.65 Å². The zero-order valence-corrected chi connectivity index (χ0v) is 16.1. The highest BCUT2D eigenvalue weighted by Crippen LogP contribution is 2.31. The number of likely N-dealkylation sites (tertiary alicyclic amines) is 1. The van der Waals surface area contributed by atoms with Crippen LogP contribution in [0.5, 0.6) is 0 Å². The molecule has 28 heavy (non-hydrogen) atoms. The summed E-state index contributed by atoms with van der Waals surface area (Å²) >= 11 is 6.12. The van der Waals surface area contributed by atoms with Crippen molar-refractivity contribution in [3.63, 3.8) is 0 Å². The molecule has 1 saturated heterocycles. The summed E-state index contributed by atoms with van der Waals surface area (Å²) in [5.74, 6) is 0.183. The van der Waals surface area contributed by atoms with Crippen molar-refractivity contribution in [2.24, 2.45) is 0 Å². The van der Waals surface area contributed by atoms with Crippen LogP contribution in [0.25, 0.3) is 22.1 Å². The molecular weight excluding hydrogens is 376 g/mol. The van der Waals surface area contributed by atoms with Crippen LogP contribution in [0.2, 0.25) is 5.02 Å². The number of H-pyrrole nitrogens is 2. The van der Waals surface area contributed by atoms with Gasteiger partial charge in [-0.25, -0.2) is 9.97 Å². The molecule has 4 aromatic rings. The number of piperidine rings is 1. The molecule has 5 rings (SSSR count). The number of aromatic amines is 2. The summed E-state index contributed by atoms with van der Waals surface area (Å²) in [7, 11) is 0. The molecule has 8 heteroatoms. The van der Waals surface area contributed by atoms with Crippen LogP contribution in [0.3, 0.4) is 0 Å². The third kappa shape index (κ3) is 2.74. The van der Waals surface area contributed by atoms with Crippen LogP contribution in [-0.4, -0.2) is 49.0 Å². The zero-order chi connectivity index (χ0) is 19.3. The van der Waals surface area contributed by atoms with Gasteiger partial charge in [-0.2, -0.15) is 5.10 Å². The van der Waals surface area contributed by atoms with Crippen molar-refractivity contribution >= 4 is 39.6 Å². The Morgan fingerprint density at radius 3 is 3.04 bits per heavy atom. The Kier molecular flexibility index (Phi) is 4.05. The van der Waals surface area contributed by atoms with Crippen LogP contribution in [0.4, 0.5) is 0 Å². The Labute approximate surface area is 166 Å².